The number of anilines is 3. The summed E-state index contributed by atoms with van der Waals surface area (Å²) in [7, 11) is 0. The van der Waals surface area contributed by atoms with Gasteiger partial charge in [0.05, 0.1) is 11.0 Å². The van der Waals surface area contributed by atoms with Crippen molar-refractivity contribution >= 4 is 38.6 Å². The van der Waals surface area contributed by atoms with E-state index in [0.29, 0.717) is 16.8 Å². The van der Waals surface area contributed by atoms with Crippen molar-refractivity contribution < 1.29 is 11.0 Å². The SMILES string of the molecule is [2H]c1c([2H])c(-c2cccc3ccccc23)c([2H])c(N(c2ccc(-c3ccc4ccccc4c3-c3ccccc3)cc2)c2c([2H])c([2H])c(-c3ccc(-c4ccccc4)cc3)c([2H])c2[2H])c1[2H]. The Balaban J connectivity index is 1.20. The molecule has 0 radical (unpaired) electrons. The van der Waals surface area contributed by atoms with Crippen LogP contribution in [-0.2, 0) is 0 Å². The minimum Gasteiger partial charge on any atom is -0.310 e. The smallest absolute Gasteiger partial charge is 0.0651 e. The van der Waals surface area contributed by atoms with Gasteiger partial charge in [-0.1, -0.05) is 200 Å². The lowest BCUT2D eigenvalue weighted by Crippen LogP contribution is -2.10. The number of nitrogens with zero attached hydrogens (tertiary/aromatic N) is 1. The van der Waals surface area contributed by atoms with Gasteiger partial charge >= 0.3 is 0 Å². The second-order valence-corrected chi connectivity index (χ2v) is 13.9. The van der Waals surface area contributed by atoms with Gasteiger partial charge in [-0.15, -0.1) is 0 Å². The van der Waals surface area contributed by atoms with Gasteiger partial charge in [-0.3, -0.25) is 0 Å². The van der Waals surface area contributed by atoms with Gasteiger partial charge in [0, 0.05) is 17.1 Å². The minimum atomic E-state index is -0.452. The van der Waals surface area contributed by atoms with Crippen LogP contribution in [0.1, 0.15) is 11.0 Å². The zero-order valence-corrected chi connectivity index (χ0v) is 30.8. The van der Waals surface area contributed by atoms with Crippen LogP contribution in [0.15, 0.2) is 236 Å². The zero-order chi connectivity index (χ0) is 44.9. The van der Waals surface area contributed by atoms with E-state index in [2.05, 4.69) is 36.4 Å². The van der Waals surface area contributed by atoms with Crippen LogP contribution < -0.4 is 4.90 Å². The molecular formula is C56H39N. The van der Waals surface area contributed by atoms with E-state index in [9.17, 15) is 11.0 Å². The second kappa shape index (κ2) is 15.0. The highest BCUT2D eigenvalue weighted by atomic mass is 15.1. The molecule has 1 nitrogen and oxygen atoms in total. The summed E-state index contributed by atoms with van der Waals surface area (Å²) in [5.74, 6) is 0. The zero-order valence-electron chi connectivity index (χ0n) is 38.8. The summed E-state index contributed by atoms with van der Waals surface area (Å²) < 4.78 is 75.8. The van der Waals surface area contributed by atoms with Crippen molar-refractivity contribution in [2.75, 3.05) is 4.90 Å². The van der Waals surface area contributed by atoms with Crippen LogP contribution in [0.2, 0.25) is 0 Å². The lowest BCUT2D eigenvalue weighted by atomic mass is 9.90. The van der Waals surface area contributed by atoms with Gasteiger partial charge in [0.2, 0.25) is 0 Å². The molecule has 0 aliphatic carbocycles. The first kappa shape index (κ1) is 26.3. The van der Waals surface area contributed by atoms with Crippen LogP contribution in [0, 0.1) is 0 Å². The maximum absolute atomic E-state index is 9.88. The Morgan fingerprint density at radius 1 is 0.298 bits per heavy atom. The molecule has 0 fully saturated rings. The summed E-state index contributed by atoms with van der Waals surface area (Å²) in [5, 5.41) is 3.80. The molecule has 1 heteroatoms. The van der Waals surface area contributed by atoms with E-state index in [1.165, 1.54) is 4.90 Å². The molecule has 0 unspecified atom stereocenters. The first-order valence-electron chi connectivity index (χ1n) is 22.9. The van der Waals surface area contributed by atoms with E-state index in [1.54, 1.807) is 30.3 Å². The molecule has 0 saturated carbocycles. The van der Waals surface area contributed by atoms with E-state index in [1.807, 2.05) is 121 Å². The monoisotopic (exact) mass is 733 g/mol. The van der Waals surface area contributed by atoms with Crippen molar-refractivity contribution in [2.45, 2.75) is 0 Å². The molecule has 0 spiro atoms. The highest BCUT2D eigenvalue weighted by Crippen LogP contribution is 2.42. The predicted octanol–water partition coefficient (Wildman–Crippen LogP) is 15.8. The second-order valence-electron chi connectivity index (χ2n) is 13.9. The molecule has 10 rings (SSSR count). The summed E-state index contributed by atoms with van der Waals surface area (Å²) in [6.45, 7) is 0. The molecule has 10 aromatic carbocycles. The molecule has 0 aliphatic rings. The summed E-state index contributed by atoms with van der Waals surface area (Å²) in [6, 6.07) is 57.5. The van der Waals surface area contributed by atoms with E-state index in [-0.39, 0.29) is 58.8 Å². The van der Waals surface area contributed by atoms with Gasteiger partial charge in [-0.25, -0.2) is 0 Å². The fourth-order valence-corrected chi connectivity index (χ4v) is 7.63. The maximum atomic E-state index is 9.88. The largest absolute Gasteiger partial charge is 0.310 e. The van der Waals surface area contributed by atoms with Crippen LogP contribution in [0.3, 0.4) is 0 Å². The summed E-state index contributed by atoms with van der Waals surface area (Å²) in [4.78, 5) is 1.40. The molecule has 0 amide bonds. The summed E-state index contributed by atoms with van der Waals surface area (Å²) in [6.07, 6.45) is 0. The van der Waals surface area contributed by atoms with Gasteiger partial charge in [0.25, 0.3) is 0 Å². The maximum Gasteiger partial charge on any atom is 0.0651 e. The van der Waals surface area contributed by atoms with Crippen LogP contribution in [0.4, 0.5) is 17.1 Å². The normalized spacial score (nSPS) is 13.1. The molecule has 0 aliphatic heterocycles. The molecule has 0 bridgehead atoms. The average molecular weight is 734 g/mol. The van der Waals surface area contributed by atoms with Crippen molar-refractivity contribution in [3.8, 4) is 55.6 Å². The van der Waals surface area contributed by atoms with E-state index >= 15 is 0 Å². The Labute approximate surface area is 345 Å². The highest BCUT2D eigenvalue weighted by Gasteiger charge is 2.17. The van der Waals surface area contributed by atoms with Crippen LogP contribution in [0.25, 0.3) is 77.2 Å². The van der Waals surface area contributed by atoms with Crippen molar-refractivity contribution in [1.29, 1.82) is 0 Å². The van der Waals surface area contributed by atoms with Crippen molar-refractivity contribution in [1.82, 2.24) is 0 Å². The van der Waals surface area contributed by atoms with Gasteiger partial charge in [0.1, 0.15) is 0 Å². The molecule has 10 aromatic rings. The van der Waals surface area contributed by atoms with E-state index in [0.717, 1.165) is 54.9 Å². The van der Waals surface area contributed by atoms with Gasteiger partial charge in [-0.05, 0) is 113 Å². The number of benzene rings is 10. The molecule has 0 atom stereocenters. The summed E-state index contributed by atoms with van der Waals surface area (Å²) in [5.41, 5.74) is 7.14. The molecule has 0 aromatic heterocycles. The summed E-state index contributed by atoms with van der Waals surface area (Å²) >= 11 is 0. The van der Waals surface area contributed by atoms with Crippen LogP contribution in [-0.4, -0.2) is 0 Å². The Bertz CT molecular complexity index is 3410. The molecule has 0 heterocycles. The van der Waals surface area contributed by atoms with Crippen molar-refractivity contribution in [3.05, 3.63) is 236 Å². The highest BCUT2D eigenvalue weighted by molar-refractivity contribution is 6.04. The lowest BCUT2D eigenvalue weighted by molar-refractivity contribution is 1.28. The Hall–Kier alpha value is -7.48. The van der Waals surface area contributed by atoms with E-state index < -0.39 is 12.1 Å². The third-order valence-electron chi connectivity index (χ3n) is 10.4. The van der Waals surface area contributed by atoms with E-state index in [4.69, 9.17) is 0 Å². The Morgan fingerprint density at radius 2 is 0.860 bits per heavy atom. The molecule has 57 heavy (non-hydrogen) atoms. The van der Waals surface area contributed by atoms with Crippen LogP contribution >= 0.6 is 0 Å². The fraction of sp³-hybridized carbons (Fsp3) is 0. The Morgan fingerprint density at radius 3 is 1.58 bits per heavy atom. The molecule has 0 saturated heterocycles. The van der Waals surface area contributed by atoms with Gasteiger partial charge in [0.15, 0.2) is 0 Å². The molecular weight excluding hydrogens is 687 g/mol. The first-order valence-corrected chi connectivity index (χ1v) is 18.9. The molecule has 0 N–H and O–H groups in total. The first-order chi connectivity index (χ1) is 31.6. The third-order valence-corrected chi connectivity index (χ3v) is 10.4. The van der Waals surface area contributed by atoms with Crippen LogP contribution in [0.5, 0.6) is 0 Å². The molecule has 268 valence electrons. The Kier molecular flexibility index (Phi) is 6.92. The van der Waals surface area contributed by atoms with Crippen molar-refractivity contribution in [3.63, 3.8) is 0 Å². The predicted molar refractivity (Wildman–Crippen MR) is 243 cm³/mol. The number of hydrogen-bond donors (Lipinski definition) is 0. The quantitative estimate of drug-likeness (QED) is 0.150. The number of fused-ring (bicyclic) bond motifs is 2. The topological polar surface area (TPSA) is 3.24 Å². The standard InChI is InChI=1S/C56H39N/c1-3-13-40(14-4-1)41-25-27-42(28-26-41)43-29-34-49(35-30-43)57(51-21-11-20-48(39-51)53-24-12-19-44-15-7-9-22-52(44)53)50-36-31-46(32-37-50)55-38-33-45-16-8-10-23-54(45)56(55)47-17-5-2-6-18-47/h1-39H/i11D,20D,21D,29D,30D,34D,35D,39D. The minimum absolute atomic E-state index is 0.111. The fourth-order valence-electron chi connectivity index (χ4n) is 7.63. The third kappa shape index (κ3) is 6.66. The lowest BCUT2D eigenvalue weighted by Gasteiger charge is -2.27. The van der Waals surface area contributed by atoms with Crippen molar-refractivity contribution in [2.24, 2.45) is 0 Å². The average Bonchev–Trinajstić information content (AvgIpc) is 3.35. The number of rotatable bonds is 8. The number of hydrogen-bond acceptors (Lipinski definition) is 1. The van der Waals surface area contributed by atoms with Gasteiger partial charge in [-0.2, -0.15) is 0 Å². The van der Waals surface area contributed by atoms with Gasteiger partial charge < -0.3 is 4.90 Å².